The molecule has 1 saturated carbocycles. The second-order valence-electron chi connectivity index (χ2n) is 7.54. The number of oxime groups is 1. The Kier molecular flexibility index (Phi) is 6.19. The first kappa shape index (κ1) is 21.2. The highest BCUT2D eigenvalue weighted by Crippen LogP contribution is 2.42. The average molecular weight is 411 g/mol. The zero-order chi connectivity index (χ0) is 21.1. The highest BCUT2D eigenvalue weighted by Gasteiger charge is 2.45. The normalized spacial score (nSPS) is 19.6. The van der Waals surface area contributed by atoms with Crippen molar-refractivity contribution in [1.29, 1.82) is 0 Å². The lowest BCUT2D eigenvalue weighted by Crippen LogP contribution is -2.39. The van der Waals surface area contributed by atoms with Gasteiger partial charge in [0.25, 0.3) is 0 Å². The van der Waals surface area contributed by atoms with Crippen LogP contribution < -0.4 is 0 Å². The van der Waals surface area contributed by atoms with Crippen LogP contribution in [0.4, 0.5) is 13.2 Å². The van der Waals surface area contributed by atoms with Crippen LogP contribution in [0.15, 0.2) is 40.8 Å². The van der Waals surface area contributed by atoms with E-state index in [1.54, 1.807) is 0 Å². The number of nitrogens with zero attached hydrogens (tertiary/aromatic N) is 1. The number of alkyl halides is 3. The molecule has 1 fully saturated rings. The van der Waals surface area contributed by atoms with Crippen molar-refractivity contribution in [2.75, 3.05) is 0 Å². The number of carbonyl (C=O) groups excluding carboxylic acids is 1. The maximum Gasteiger partial charge on any atom is 0.416 e. The lowest BCUT2D eigenvalue weighted by Gasteiger charge is -2.33. The molecule has 29 heavy (non-hydrogen) atoms. The van der Waals surface area contributed by atoms with Gasteiger partial charge in [-0.2, -0.15) is 13.2 Å². The number of hydrogen-bond donors (Lipinski definition) is 1. The summed E-state index contributed by atoms with van der Waals surface area (Å²) in [6.45, 7) is 1.69. The number of hydrogen-bond acceptors (Lipinski definition) is 5. The molecule has 1 heterocycles. The molecule has 5 nitrogen and oxygen atoms in total. The summed E-state index contributed by atoms with van der Waals surface area (Å²) in [6, 6.07) is 4.77. The van der Waals surface area contributed by atoms with Crippen LogP contribution in [0.25, 0.3) is 0 Å². The van der Waals surface area contributed by atoms with Gasteiger partial charge in [-0.15, -0.1) is 0 Å². The number of aliphatic hydroxyl groups is 1. The van der Waals surface area contributed by atoms with Gasteiger partial charge in [0.1, 0.15) is 23.5 Å². The van der Waals surface area contributed by atoms with Gasteiger partial charge >= 0.3 is 12.1 Å². The third kappa shape index (κ3) is 4.92. The zero-order valence-corrected chi connectivity index (χ0v) is 16.2. The summed E-state index contributed by atoms with van der Waals surface area (Å²) in [4.78, 5) is 17.8. The molecule has 1 aromatic rings. The molecule has 0 amide bonds. The summed E-state index contributed by atoms with van der Waals surface area (Å²) in [6.07, 6.45) is 0.170. The molecule has 1 aromatic carbocycles. The number of halogens is 3. The van der Waals surface area contributed by atoms with E-state index in [4.69, 9.17) is 9.57 Å². The number of esters is 1. The van der Waals surface area contributed by atoms with Crippen molar-refractivity contribution in [3.63, 3.8) is 0 Å². The van der Waals surface area contributed by atoms with Crippen LogP contribution in [-0.2, 0) is 27.2 Å². The van der Waals surface area contributed by atoms with Gasteiger partial charge in [-0.3, -0.25) is 0 Å². The van der Waals surface area contributed by atoms with Crippen LogP contribution in [0, 0.1) is 0 Å². The van der Waals surface area contributed by atoms with Crippen LogP contribution in [0.1, 0.15) is 63.0 Å². The molecule has 1 aliphatic carbocycles. The highest BCUT2D eigenvalue weighted by atomic mass is 19.4. The molecule has 2 aliphatic rings. The molecule has 0 aromatic heterocycles. The summed E-state index contributed by atoms with van der Waals surface area (Å²) in [5.41, 5.74) is -0.840. The number of benzene rings is 1. The van der Waals surface area contributed by atoms with Crippen molar-refractivity contribution in [2.24, 2.45) is 5.16 Å². The minimum absolute atomic E-state index is 0.00779. The first-order valence-electron chi connectivity index (χ1n) is 9.75. The smallest absolute Gasteiger partial charge is 0.416 e. The minimum Gasteiger partial charge on any atom is -0.511 e. The fourth-order valence-corrected chi connectivity index (χ4v) is 3.85. The lowest BCUT2D eigenvalue weighted by molar-refractivity contribution is -0.157. The SMILES string of the molecule is CCCC(=NOCc1cccc(C(F)(F)F)c1)C1=C(O)CC2(CCCC2)OC1=O. The van der Waals surface area contributed by atoms with Gasteiger partial charge < -0.3 is 14.7 Å². The molecule has 1 N–H and O–H groups in total. The Hall–Kier alpha value is -2.51. The van der Waals surface area contributed by atoms with Crippen molar-refractivity contribution < 1.29 is 32.6 Å². The summed E-state index contributed by atoms with van der Waals surface area (Å²) in [5.74, 6) is -0.677. The topological polar surface area (TPSA) is 68.1 Å². The standard InChI is InChI=1S/C21H24F3NO4/c1-2-6-16(18-17(26)12-20(29-19(18)27)9-3-4-10-20)25-28-13-14-7-5-8-15(11-14)21(22,23)24/h5,7-8,11,26H,2-4,6,9-10,12-13H2,1H3. The maximum atomic E-state index is 12.8. The van der Waals surface area contributed by atoms with Gasteiger partial charge in [0.2, 0.25) is 0 Å². The fraction of sp³-hybridized carbons (Fsp3) is 0.524. The molecule has 0 radical (unpaired) electrons. The number of ether oxygens (including phenoxy) is 1. The van der Waals surface area contributed by atoms with Crippen LogP contribution in [0.5, 0.6) is 0 Å². The third-order valence-corrected chi connectivity index (χ3v) is 5.24. The summed E-state index contributed by atoms with van der Waals surface area (Å²) in [7, 11) is 0. The van der Waals surface area contributed by atoms with E-state index in [0.29, 0.717) is 18.4 Å². The van der Waals surface area contributed by atoms with Crippen molar-refractivity contribution in [3.8, 4) is 0 Å². The Bertz CT molecular complexity index is 823. The second-order valence-corrected chi connectivity index (χ2v) is 7.54. The van der Waals surface area contributed by atoms with Crippen molar-refractivity contribution in [1.82, 2.24) is 0 Å². The number of aliphatic hydroxyl groups excluding tert-OH is 1. The Morgan fingerprint density at radius 2 is 2.03 bits per heavy atom. The average Bonchev–Trinajstić information content (AvgIpc) is 3.08. The van der Waals surface area contributed by atoms with Gasteiger partial charge in [0, 0.05) is 6.42 Å². The van der Waals surface area contributed by atoms with Crippen LogP contribution in [0.2, 0.25) is 0 Å². The molecule has 0 bridgehead atoms. The quantitative estimate of drug-likeness (QED) is 0.384. The molecule has 158 valence electrons. The predicted octanol–water partition coefficient (Wildman–Crippen LogP) is 5.45. The van der Waals surface area contributed by atoms with E-state index in [0.717, 1.165) is 37.8 Å². The molecule has 1 spiro atoms. The molecule has 1 aliphatic heterocycles. The Labute approximate surface area is 167 Å². The highest BCUT2D eigenvalue weighted by molar-refractivity contribution is 6.20. The zero-order valence-electron chi connectivity index (χ0n) is 16.2. The lowest BCUT2D eigenvalue weighted by atomic mass is 9.90. The largest absolute Gasteiger partial charge is 0.511 e. The van der Waals surface area contributed by atoms with E-state index in [1.807, 2.05) is 6.92 Å². The number of carbonyl (C=O) groups is 1. The Morgan fingerprint density at radius 1 is 1.31 bits per heavy atom. The van der Waals surface area contributed by atoms with Gasteiger partial charge in [-0.05, 0) is 49.8 Å². The van der Waals surface area contributed by atoms with Gasteiger partial charge in [-0.1, -0.05) is 30.6 Å². The molecule has 0 saturated heterocycles. The Balaban J connectivity index is 1.76. The fourth-order valence-electron chi connectivity index (χ4n) is 3.85. The van der Waals surface area contributed by atoms with Crippen molar-refractivity contribution in [2.45, 2.75) is 70.3 Å². The van der Waals surface area contributed by atoms with Crippen molar-refractivity contribution in [3.05, 3.63) is 46.7 Å². The monoisotopic (exact) mass is 411 g/mol. The van der Waals surface area contributed by atoms with Crippen LogP contribution >= 0.6 is 0 Å². The summed E-state index contributed by atoms with van der Waals surface area (Å²) in [5, 5.41) is 14.5. The molecular formula is C21H24F3NO4. The predicted molar refractivity (Wildman–Crippen MR) is 100 cm³/mol. The maximum absolute atomic E-state index is 12.8. The summed E-state index contributed by atoms with van der Waals surface area (Å²) < 4.78 is 44.1. The van der Waals surface area contributed by atoms with Gasteiger partial charge in [0.05, 0.1) is 11.3 Å². The first-order valence-corrected chi connectivity index (χ1v) is 9.75. The van der Waals surface area contributed by atoms with E-state index >= 15 is 0 Å². The molecule has 0 unspecified atom stereocenters. The third-order valence-electron chi connectivity index (χ3n) is 5.24. The van der Waals surface area contributed by atoms with E-state index in [9.17, 15) is 23.1 Å². The van der Waals surface area contributed by atoms with E-state index in [2.05, 4.69) is 5.16 Å². The molecule has 3 rings (SSSR count). The van der Waals surface area contributed by atoms with Crippen LogP contribution in [0.3, 0.4) is 0 Å². The number of rotatable bonds is 6. The minimum atomic E-state index is -4.44. The first-order chi connectivity index (χ1) is 13.7. The molecule has 8 heteroatoms. The van der Waals surface area contributed by atoms with Gasteiger partial charge in [0.15, 0.2) is 0 Å². The van der Waals surface area contributed by atoms with Gasteiger partial charge in [-0.25, -0.2) is 4.79 Å². The molecule has 0 atom stereocenters. The summed E-state index contributed by atoms with van der Waals surface area (Å²) >= 11 is 0. The van der Waals surface area contributed by atoms with E-state index in [1.165, 1.54) is 12.1 Å². The van der Waals surface area contributed by atoms with E-state index < -0.39 is 23.3 Å². The Morgan fingerprint density at radius 3 is 2.66 bits per heavy atom. The second kappa shape index (κ2) is 8.47. The van der Waals surface area contributed by atoms with Crippen LogP contribution in [-0.4, -0.2) is 22.4 Å². The molecular weight excluding hydrogens is 387 g/mol. The van der Waals surface area contributed by atoms with Crippen molar-refractivity contribution >= 4 is 11.7 Å². The van der Waals surface area contributed by atoms with E-state index in [-0.39, 0.29) is 30.1 Å².